The number of fused-ring (bicyclic) bond motifs is 1. The molecular weight excluding hydrogens is 312 g/mol. The maximum atomic E-state index is 4.79. The number of pyridine rings is 1. The van der Waals surface area contributed by atoms with Gasteiger partial charge in [-0.25, -0.2) is 9.97 Å². The van der Waals surface area contributed by atoms with Gasteiger partial charge in [0.15, 0.2) is 5.65 Å². The lowest BCUT2D eigenvalue weighted by molar-refractivity contribution is 0.546. The number of anilines is 1. The molecule has 0 aliphatic carbocycles. The molecule has 0 saturated heterocycles. The lowest BCUT2D eigenvalue weighted by atomic mass is 9.95. The second kappa shape index (κ2) is 6.43. The lowest BCUT2D eigenvalue weighted by Crippen LogP contribution is -2.23. The largest absolute Gasteiger partial charge is 0.367 e. The summed E-state index contributed by atoms with van der Waals surface area (Å²) >= 11 is 0. The number of aromatic nitrogens is 5. The van der Waals surface area contributed by atoms with Gasteiger partial charge in [0, 0.05) is 36.8 Å². The first-order valence-corrected chi connectivity index (χ1v) is 8.63. The predicted molar refractivity (Wildman–Crippen MR) is 101 cm³/mol. The van der Waals surface area contributed by atoms with E-state index in [9.17, 15) is 0 Å². The molecule has 25 heavy (non-hydrogen) atoms. The van der Waals surface area contributed by atoms with Crippen molar-refractivity contribution >= 4 is 16.9 Å². The third-order valence-electron chi connectivity index (χ3n) is 4.26. The number of hydrogen-bond donors (Lipinski definition) is 1. The number of hydrogen-bond acceptors (Lipinski definition) is 5. The average Bonchev–Trinajstić information content (AvgIpc) is 2.90. The van der Waals surface area contributed by atoms with Gasteiger partial charge >= 0.3 is 0 Å². The summed E-state index contributed by atoms with van der Waals surface area (Å²) in [6, 6.07) is 4.26. The van der Waals surface area contributed by atoms with Crippen LogP contribution in [0.2, 0.25) is 0 Å². The van der Waals surface area contributed by atoms with Gasteiger partial charge in [-0.2, -0.15) is 5.10 Å². The molecule has 6 nitrogen and oxygen atoms in total. The van der Waals surface area contributed by atoms with E-state index in [-0.39, 0.29) is 11.5 Å². The quantitative estimate of drug-likeness (QED) is 0.789. The zero-order valence-corrected chi connectivity index (χ0v) is 15.8. The summed E-state index contributed by atoms with van der Waals surface area (Å²) in [4.78, 5) is 14.0. The molecule has 0 saturated carbocycles. The summed E-state index contributed by atoms with van der Waals surface area (Å²) in [5.41, 5.74) is 3.04. The summed E-state index contributed by atoms with van der Waals surface area (Å²) in [7, 11) is 1.91. The van der Waals surface area contributed by atoms with E-state index in [1.54, 1.807) is 4.68 Å². The van der Waals surface area contributed by atoms with E-state index in [4.69, 9.17) is 9.97 Å². The van der Waals surface area contributed by atoms with Crippen molar-refractivity contribution in [1.29, 1.82) is 0 Å². The molecule has 0 aliphatic rings. The Hall–Kier alpha value is -2.50. The second-order valence-corrected chi connectivity index (χ2v) is 7.67. The van der Waals surface area contributed by atoms with E-state index >= 15 is 0 Å². The Morgan fingerprint density at radius 3 is 2.68 bits per heavy atom. The molecule has 3 rings (SSSR count). The van der Waals surface area contributed by atoms with Crippen molar-refractivity contribution in [2.75, 3.05) is 5.32 Å². The molecule has 0 fully saturated rings. The van der Waals surface area contributed by atoms with Crippen LogP contribution in [0.5, 0.6) is 0 Å². The highest BCUT2D eigenvalue weighted by molar-refractivity contribution is 5.86. The lowest BCUT2D eigenvalue weighted by Gasteiger charge is -2.20. The number of nitrogens with one attached hydrogen (secondary N) is 1. The van der Waals surface area contributed by atoms with Crippen molar-refractivity contribution in [1.82, 2.24) is 24.7 Å². The number of aryl methyl sites for hydroxylation is 2. The van der Waals surface area contributed by atoms with Crippen molar-refractivity contribution in [3.63, 3.8) is 0 Å². The molecule has 0 unspecified atom stereocenters. The van der Waals surface area contributed by atoms with Crippen LogP contribution in [0.1, 0.15) is 44.8 Å². The van der Waals surface area contributed by atoms with Crippen molar-refractivity contribution in [2.24, 2.45) is 7.05 Å². The van der Waals surface area contributed by atoms with Gasteiger partial charge in [0.2, 0.25) is 0 Å². The molecule has 1 atom stereocenters. The molecule has 0 amide bonds. The van der Waals surface area contributed by atoms with Crippen LogP contribution in [0.25, 0.3) is 11.0 Å². The van der Waals surface area contributed by atoms with Gasteiger partial charge in [0.25, 0.3) is 0 Å². The van der Waals surface area contributed by atoms with E-state index in [0.717, 1.165) is 34.8 Å². The summed E-state index contributed by atoms with van der Waals surface area (Å²) in [6.45, 7) is 10.6. The van der Waals surface area contributed by atoms with E-state index < -0.39 is 0 Å². The van der Waals surface area contributed by atoms with Crippen molar-refractivity contribution in [3.05, 3.63) is 41.6 Å². The molecule has 0 aliphatic heterocycles. The molecule has 0 radical (unpaired) electrons. The molecule has 3 heterocycles. The Kier molecular flexibility index (Phi) is 4.45. The maximum Gasteiger partial charge on any atom is 0.163 e. The molecule has 0 bridgehead atoms. The maximum absolute atomic E-state index is 4.79. The van der Waals surface area contributed by atoms with Gasteiger partial charge in [-0.1, -0.05) is 26.8 Å². The third kappa shape index (κ3) is 3.62. The topological polar surface area (TPSA) is 68.5 Å². The highest BCUT2D eigenvalue weighted by atomic mass is 15.3. The van der Waals surface area contributed by atoms with Gasteiger partial charge in [-0.3, -0.25) is 9.67 Å². The van der Waals surface area contributed by atoms with Gasteiger partial charge in [0.05, 0.1) is 11.6 Å². The smallest absolute Gasteiger partial charge is 0.163 e. The minimum atomic E-state index is -0.129. The SMILES string of the molecule is Cc1cccnc1C[C@H](C)Nc1nc(C(C)(C)C)nc2c1cnn2C. The predicted octanol–water partition coefficient (Wildman–Crippen LogP) is 3.41. The van der Waals surface area contributed by atoms with Gasteiger partial charge in [-0.05, 0) is 25.5 Å². The molecule has 3 aromatic heterocycles. The first-order chi connectivity index (χ1) is 11.8. The number of nitrogens with zero attached hydrogens (tertiary/aromatic N) is 5. The van der Waals surface area contributed by atoms with Crippen LogP contribution in [-0.2, 0) is 18.9 Å². The zero-order chi connectivity index (χ0) is 18.2. The van der Waals surface area contributed by atoms with Crippen molar-refractivity contribution < 1.29 is 0 Å². The van der Waals surface area contributed by atoms with E-state index in [0.29, 0.717) is 0 Å². The van der Waals surface area contributed by atoms with Gasteiger partial charge in [-0.15, -0.1) is 0 Å². The van der Waals surface area contributed by atoms with Gasteiger partial charge < -0.3 is 5.32 Å². The van der Waals surface area contributed by atoms with Crippen LogP contribution in [0.3, 0.4) is 0 Å². The van der Waals surface area contributed by atoms with E-state index in [1.807, 2.05) is 25.5 Å². The molecule has 3 aromatic rings. The highest BCUT2D eigenvalue weighted by Gasteiger charge is 2.22. The zero-order valence-electron chi connectivity index (χ0n) is 15.8. The first-order valence-electron chi connectivity index (χ1n) is 8.63. The normalized spacial score (nSPS) is 13.2. The monoisotopic (exact) mass is 338 g/mol. The highest BCUT2D eigenvalue weighted by Crippen LogP contribution is 2.26. The Morgan fingerprint density at radius 1 is 1.24 bits per heavy atom. The van der Waals surface area contributed by atoms with E-state index in [1.165, 1.54) is 5.56 Å². The molecule has 1 N–H and O–H groups in total. The fourth-order valence-corrected chi connectivity index (χ4v) is 2.77. The van der Waals surface area contributed by atoms with Crippen LogP contribution in [-0.4, -0.2) is 30.8 Å². The van der Waals surface area contributed by atoms with Crippen LogP contribution in [0, 0.1) is 6.92 Å². The summed E-state index contributed by atoms with van der Waals surface area (Å²) in [5.74, 6) is 1.65. The summed E-state index contributed by atoms with van der Waals surface area (Å²) in [5, 5.41) is 8.83. The molecule has 132 valence electrons. The van der Waals surface area contributed by atoms with Crippen LogP contribution >= 0.6 is 0 Å². The molecular formula is C19H26N6. The Morgan fingerprint density at radius 2 is 2.00 bits per heavy atom. The summed E-state index contributed by atoms with van der Waals surface area (Å²) < 4.78 is 1.80. The first kappa shape index (κ1) is 17.3. The van der Waals surface area contributed by atoms with Crippen LogP contribution in [0.4, 0.5) is 5.82 Å². The average molecular weight is 338 g/mol. The molecule has 0 aromatic carbocycles. The summed E-state index contributed by atoms with van der Waals surface area (Å²) in [6.07, 6.45) is 4.50. The Balaban J connectivity index is 1.93. The second-order valence-electron chi connectivity index (χ2n) is 7.67. The standard InChI is InChI=1S/C19H26N6/c1-12-8-7-9-20-15(12)10-13(2)22-16-14-11-21-25(6)17(14)24-18(23-16)19(3,4)5/h7-9,11,13H,10H2,1-6H3,(H,22,23,24)/t13-/m0/s1. The third-order valence-corrected chi connectivity index (χ3v) is 4.26. The van der Waals surface area contributed by atoms with Crippen LogP contribution < -0.4 is 5.32 Å². The van der Waals surface area contributed by atoms with Crippen LogP contribution in [0.15, 0.2) is 24.5 Å². The van der Waals surface area contributed by atoms with Gasteiger partial charge in [0.1, 0.15) is 11.6 Å². The fraction of sp³-hybridized carbons (Fsp3) is 0.474. The molecule has 6 heteroatoms. The Labute approximate surface area is 148 Å². The minimum absolute atomic E-state index is 0.129. The van der Waals surface area contributed by atoms with E-state index in [2.05, 4.69) is 56.1 Å². The minimum Gasteiger partial charge on any atom is -0.367 e. The molecule has 0 spiro atoms. The van der Waals surface area contributed by atoms with Crippen molar-refractivity contribution in [2.45, 2.75) is 52.5 Å². The fourth-order valence-electron chi connectivity index (χ4n) is 2.77. The Bertz CT molecular complexity index is 891. The number of rotatable bonds is 4. The van der Waals surface area contributed by atoms with Crippen molar-refractivity contribution in [3.8, 4) is 0 Å².